The Bertz CT molecular complexity index is 1560. The number of piperidine rings is 1. The van der Waals surface area contributed by atoms with Gasteiger partial charge in [-0.25, -0.2) is 29.4 Å². The number of rotatable bonds is 6. The fraction of sp³-hybridized carbons (Fsp3) is 0.567. The summed E-state index contributed by atoms with van der Waals surface area (Å²) < 4.78 is 13.2. The molecule has 2 fully saturated rings. The quantitative estimate of drug-likeness (QED) is 0.306. The number of nitrogens with two attached hydrogens (primary N) is 1. The maximum atomic E-state index is 12.3. The Balaban J connectivity index is 1.35. The molecule has 2 N–H and O–H groups in total. The molecule has 5 heterocycles. The number of nitrogen functional groups attached to an aromatic ring is 1. The van der Waals surface area contributed by atoms with Crippen LogP contribution in [0.15, 0.2) is 23.2 Å². The predicted octanol–water partition coefficient (Wildman–Crippen LogP) is 5.66. The van der Waals surface area contributed by atoms with Gasteiger partial charge in [0.15, 0.2) is 17.2 Å². The van der Waals surface area contributed by atoms with Crippen LogP contribution in [-0.2, 0) is 10.3 Å². The lowest BCUT2D eigenvalue weighted by atomic mass is 9.91. The molecule has 0 spiro atoms. The first-order valence-electron chi connectivity index (χ1n) is 15.0. The predicted molar refractivity (Wildman–Crippen MR) is 158 cm³/mol. The van der Waals surface area contributed by atoms with E-state index in [1.54, 1.807) is 4.90 Å². The third-order valence-corrected chi connectivity index (χ3v) is 8.35. The number of hydrogen-bond donors (Lipinski definition) is 1. The first kappa shape index (κ1) is 28.0. The zero-order chi connectivity index (χ0) is 29.4. The highest BCUT2D eigenvalue weighted by Gasteiger charge is 2.34. The maximum Gasteiger partial charge on any atom is 0.409 e. The molecule has 4 aromatic heterocycles. The lowest BCUT2D eigenvalue weighted by molar-refractivity contribution is 0.0927. The van der Waals surface area contributed by atoms with Gasteiger partial charge in [-0.1, -0.05) is 24.9 Å². The standard InChI is InChI=1S/C30H39N9O3/c1-5-14-41-29(40)38-12-10-18(11-13-38)20-15-32-27(33-16-20)21-24(37-42-25(21)19-8-6-7-9-19)23-22-26(31)34-17-35-28(22)39(36-23)30(2,3)4/h15-19H,5-14H2,1-4H3,(H2,31,34,35). The van der Waals surface area contributed by atoms with Crippen molar-refractivity contribution in [1.29, 1.82) is 0 Å². The minimum atomic E-state index is -0.351. The average Bonchev–Trinajstić information content (AvgIpc) is 3.74. The van der Waals surface area contributed by atoms with E-state index in [4.69, 9.17) is 30.1 Å². The molecule has 12 heteroatoms. The number of ether oxygens (including phenoxy) is 1. The summed E-state index contributed by atoms with van der Waals surface area (Å²) in [4.78, 5) is 32.5. The Morgan fingerprint density at radius 3 is 2.40 bits per heavy atom. The van der Waals surface area contributed by atoms with Crippen molar-refractivity contribution in [2.24, 2.45) is 0 Å². The number of nitrogens with zero attached hydrogens (tertiary/aromatic N) is 8. The molecule has 42 heavy (non-hydrogen) atoms. The van der Waals surface area contributed by atoms with Crippen LogP contribution in [0, 0.1) is 0 Å². The van der Waals surface area contributed by atoms with Gasteiger partial charge in [0.2, 0.25) is 0 Å². The van der Waals surface area contributed by atoms with Crippen LogP contribution in [0.1, 0.15) is 95.8 Å². The van der Waals surface area contributed by atoms with Gasteiger partial charge >= 0.3 is 6.09 Å². The Morgan fingerprint density at radius 1 is 1.02 bits per heavy atom. The minimum absolute atomic E-state index is 0.228. The number of likely N-dealkylation sites (tertiary alicyclic amines) is 1. The second-order valence-corrected chi connectivity index (χ2v) is 12.4. The summed E-state index contributed by atoms with van der Waals surface area (Å²) in [6.07, 6.45) is 11.9. The third-order valence-electron chi connectivity index (χ3n) is 8.35. The summed E-state index contributed by atoms with van der Waals surface area (Å²) in [5, 5.41) is 10.2. The highest BCUT2D eigenvalue weighted by atomic mass is 16.6. The van der Waals surface area contributed by atoms with Gasteiger partial charge in [-0.05, 0) is 64.4 Å². The highest BCUT2D eigenvalue weighted by molar-refractivity contribution is 6.00. The molecule has 0 radical (unpaired) electrons. The van der Waals surface area contributed by atoms with Gasteiger partial charge in [0, 0.05) is 31.4 Å². The number of aromatic nitrogens is 7. The van der Waals surface area contributed by atoms with Crippen molar-refractivity contribution < 1.29 is 14.1 Å². The van der Waals surface area contributed by atoms with Crippen molar-refractivity contribution in [1.82, 2.24) is 39.8 Å². The molecule has 0 atom stereocenters. The summed E-state index contributed by atoms with van der Waals surface area (Å²) in [6, 6.07) is 0. The summed E-state index contributed by atoms with van der Waals surface area (Å²) >= 11 is 0. The number of amides is 1. The van der Waals surface area contributed by atoms with E-state index >= 15 is 0 Å². The van der Waals surface area contributed by atoms with Crippen molar-refractivity contribution in [2.75, 3.05) is 25.4 Å². The van der Waals surface area contributed by atoms with E-state index in [0.29, 0.717) is 53.8 Å². The molecule has 222 valence electrons. The van der Waals surface area contributed by atoms with Gasteiger partial charge in [0.1, 0.15) is 23.5 Å². The summed E-state index contributed by atoms with van der Waals surface area (Å²) in [7, 11) is 0. The van der Waals surface area contributed by atoms with E-state index in [9.17, 15) is 4.79 Å². The highest BCUT2D eigenvalue weighted by Crippen LogP contribution is 2.44. The molecule has 0 bridgehead atoms. The summed E-state index contributed by atoms with van der Waals surface area (Å²) in [5.41, 5.74) is 9.62. The molecule has 1 saturated carbocycles. The van der Waals surface area contributed by atoms with Gasteiger partial charge in [-0.2, -0.15) is 5.10 Å². The zero-order valence-corrected chi connectivity index (χ0v) is 24.8. The molecule has 12 nitrogen and oxygen atoms in total. The average molecular weight is 574 g/mol. The fourth-order valence-electron chi connectivity index (χ4n) is 6.11. The van der Waals surface area contributed by atoms with Crippen LogP contribution >= 0.6 is 0 Å². The van der Waals surface area contributed by atoms with Crippen molar-refractivity contribution in [3.63, 3.8) is 0 Å². The molecule has 4 aromatic rings. The van der Waals surface area contributed by atoms with Crippen molar-refractivity contribution in [3.05, 3.63) is 30.0 Å². The van der Waals surface area contributed by atoms with Crippen LogP contribution in [0.5, 0.6) is 0 Å². The summed E-state index contributed by atoms with van der Waals surface area (Å²) in [5.74, 6) is 2.19. The van der Waals surface area contributed by atoms with Crippen LogP contribution in [0.3, 0.4) is 0 Å². The largest absolute Gasteiger partial charge is 0.449 e. The van der Waals surface area contributed by atoms with Crippen molar-refractivity contribution >= 4 is 22.9 Å². The Labute approximate surface area is 245 Å². The molecule has 1 saturated heterocycles. The van der Waals surface area contributed by atoms with E-state index < -0.39 is 0 Å². The second kappa shape index (κ2) is 11.3. The van der Waals surface area contributed by atoms with Gasteiger partial charge in [-0.3, -0.25) is 0 Å². The van der Waals surface area contributed by atoms with Crippen LogP contribution in [0.2, 0.25) is 0 Å². The van der Waals surface area contributed by atoms with Crippen LogP contribution in [-0.4, -0.2) is 65.6 Å². The molecule has 0 aromatic carbocycles. The lowest BCUT2D eigenvalue weighted by Crippen LogP contribution is -2.38. The van der Waals surface area contributed by atoms with E-state index in [1.807, 2.05) is 24.0 Å². The number of fused-ring (bicyclic) bond motifs is 1. The first-order valence-corrected chi connectivity index (χ1v) is 15.0. The SMILES string of the molecule is CCCOC(=O)N1CCC(c2cnc(-c3c(-c4nn(C(C)(C)C)c5ncnc(N)c45)noc3C3CCCC3)nc2)CC1. The molecule has 1 amide bonds. The zero-order valence-electron chi connectivity index (χ0n) is 24.8. The maximum absolute atomic E-state index is 12.3. The molecular formula is C30H39N9O3. The van der Waals surface area contributed by atoms with E-state index in [0.717, 1.165) is 61.8 Å². The first-order chi connectivity index (χ1) is 20.3. The molecule has 1 aliphatic carbocycles. The number of anilines is 1. The second-order valence-electron chi connectivity index (χ2n) is 12.4. The number of hydrogen-bond acceptors (Lipinski definition) is 10. The van der Waals surface area contributed by atoms with Crippen molar-refractivity contribution in [3.8, 4) is 22.8 Å². The van der Waals surface area contributed by atoms with Crippen LogP contribution in [0.25, 0.3) is 33.8 Å². The monoisotopic (exact) mass is 573 g/mol. The number of carbonyl (C=O) groups excluding carboxylic acids is 1. The van der Waals surface area contributed by atoms with Crippen molar-refractivity contribution in [2.45, 2.75) is 90.0 Å². The number of carbonyl (C=O) groups is 1. The molecule has 0 unspecified atom stereocenters. The minimum Gasteiger partial charge on any atom is -0.449 e. The normalized spacial score (nSPS) is 16.9. The fourth-order valence-corrected chi connectivity index (χ4v) is 6.11. The topological polar surface area (TPSA) is 151 Å². The molecule has 2 aliphatic rings. The van der Waals surface area contributed by atoms with E-state index in [2.05, 4.69) is 35.9 Å². The molecule has 1 aliphatic heterocycles. The van der Waals surface area contributed by atoms with Gasteiger partial charge in [0.25, 0.3) is 0 Å². The third kappa shape index (κ3) is 5.18. The van der Waals surface area contributed by atoms with E-state index in [-0.39, 0.29) is 23.5 Å². The van der Waals surface area contributed by atoms with E-state index in [1.165, 1.54) is 6.33 Å². The Morgan fingerprint density at radius 2 is 1.74 bits per heavy atom. The van der Waals surface area contributed by atoms with Gasteiger partial charge < -0.3 is 19.9 Å². The summed E-state index contributed by atoms with van der Waals surface area (Å²) in [6.45, 7) is 9.95. The Kier molecular flexibility index (Phi) is 7.54. The van der Waals surface area contributed by atoms with Gasteiger partial charge in [0.05, 0.1) is 23.1 Å². The van der Waals surface area contributed by atoms with Crippen LogP contribution in [0.4, 0.5) is 10.6 Å². The smallest absolute Gasteiger partial charge is 0.409 e. The van der Waals surface area contributed by atoms with Crippen LogP contribution < -0.4 is 5.73 Å². The van der Waals surface area contributed by atoms with Gasteiger partial charge in [-0.15, -0.1) is 0 Å². The molecule has 6 rings (SSSR count). The lowest BCUT2D eigenvalue weighted by Gasteiger charge is -2.31. The Hall–Kier alpha value is -4.09. The molecular weight excluding hydrogens is 534 g/mol.